The maximum atomic E-state index is 12.8. The van der Waals surface area contributed by atoms with E-state index in [1.165, 1.54) is 68.1 Å². The van der Waals surface area contributed by atoms with Crippen LogP contribution < -0.4 is 14.8 Å². The molecule has 2 N–H and O–H groups in total. The highest BCUT2D eigenvalue weighted by Gasteiger charge is 2.70. The summed E-state index contributed by atoms with van der Waals surface area (Å²) in [5.74, 6) is 3.27. The van der Waals surface area contributed by atoms with Crippen molar-refractivity contribution in [1.82, 2.24) is 15.2 Å². The van der Waals surface area contributed by atoms with Gasteiger partial charge in [0.05, 0.1) is 31.1 Å². The summed E-state index contributed by atoms with van der Waals surface area (Å²) in [6, 6.07) is 5.39. The molecule has 7 aliphatic rings. The Hall–Kier alpha value is -2.69. The number of carbonyl (C=O) groups is 1. The number of ether oxygens (including phenoxy) is 2. The number of nitrogens with zero attached hydrogens (tertiary/aromatic N) is 2. The molecule has 6 aliphatic carbocycles. The van der Waals surface area contributed by atoms with Gasteiger partial charge in [-0.2, -0.15) is 4.98 Å². The fraction of sp³-hybridized carbons (Fsp3) is 0.765. The Morgan fingerprint density at radius 2 is 1.74 bits per heavy atom. The Balaban J connectivity index is 0.996. The lowest BCUT2D eigenvalue weighted by Crippen LogP contribution is -2.68. The summed E-state index contributed by atoms with van der Waals surface area (Å²) >= 11 is 0. The largest absolute Gasteiger partial charge is 0.481 e. The number of pyridine rings is 1. The van der Waals surface area contributed by atoms with Crippen molar-refractivity contribution in [3.8, 4) is 11.8 Å². The van der Waals surface area contributed by atoms with Crippen molar-refractivity contribution in [3.63, 3.8) is 0 Å². The number of carboxylic acid groups (broad SMARTS) is 1. The second kappa shape index (κ2) is 16.7. The van der Waals surface area contributed by atoms with Crippen LogP contribution in [-0.2, 0) is 14.6 Å². The number of sulfone groups is 1. The number of aromatic nitrogens is 1. The van der Waals surface area contributed by atoms with Crippen molar-refractivity contribution in [2.75, 3.05) is 51.4 Å². The molecule has 0 radical (unpaired) electrons. The maximum absolute atomic E-state index is 12.8. The van der Waals surface area contributed by atoms with Gasteiger partial charge in [-0.15, -0.1) is 0 Å². The molecule has 0 amide bonds. The van der Waals surface area contributed by atoms with Crippen LogP contribution in [0.4, 0.5) is 0 Å². The monoisotopic (exact) mass is 860 g/mol. The number of aliphatic carboxylic acids is 1. The van der Waals surface area contributed by atoms with Gasteiger partial charge in [-0.3, -0.25) is 4.79 Å². The summed E-state index contributed by atoms with van der Waals surface area (Å²) in [7, 11) is -1.30. The summed E-state index contributed by atoms with van der Waals surface area (Å²) in [6.45, 7) is 23.5. The fourth-order valence-corrected chi connectivity index (χ4v) is 17.2. The summed E-state index contributed by atoms with van der Waals surface area (Å²) in [6.07, 6.45) is 19.5. The molecule has 2 unspecified atom stereocenters. The SMILES string of the molecule is C=C(C)[C@@H]1CC[C@]2(NCCN3CCS(=O)(=O)CC3)CC[C@]3(C)[C@H](CC[C@@H]4[C@@]5(C)CC=C(C6=CC(C(CCOc7cccc(OC)n7)C(=O)O)CCC6)C(C)(C)[C@@H]5CC[C@]43C)[C@@H]12. The van der Waals surface area contributed by atoms with Crippen LogP contribution in [0.5, 0.6) is 11.8 Å². The van der Waals surface area contributed by atoms with E-state index in [-0.39, 0.29) is 33.1 Å². The first kappa shape index (κ1) is 44.9. The molecule has 0 spiro atoms. The third kappa shape index (κ3) is 7.86. The minimum absolute atomic E-state index is 0.000352. The molecule has 2 heterocycles. The lowest BCUT2D eigenvalue weighted by atomic mass is 9.33. The van der Waals surface area contributed by atoms with Crippen molar-refractivity contribution in [2.45, 2.75) is 131 Å². The molecule has 10 heteroatoms. The average Bonchev–Trinajstić information content (AvgIpc) is 3.60. The zero-order chi connectivity index (χ0) is 43.6. The molecule has 61 heavy (non-hydrogen) atoms. The number of allylic oxidation sites excluding steroid dienone is 5. The van der Waals surface area contributed by atoms with Gasteiger partial charge in [-0.1, -0.05) is 65.0 Å². The van der Waals surface area contributed by atoms with E-state index in [9.17, 15) is 18.3 Å². The van der Waals surface area contributed by atoms with Crippen LogP contribution in [0.15, 0.2) is 53.6 Å². The van der Waals surface area contributed by atoms with Crippen molar-refractivity contribution >= 4 is 15.8 Å². The summed E-state index contributed by atoms with van der Waals surface area (Å²) < 4.78 is 35.4. The van der Waals surface area contributed by atoms with E-state index in [1.807, 2.05) is 6.07 Å². The van der Waals surface area contributed by atoms with E-state index in [1.54, 1.807) is 19.2 Å². The van der Waals surface area contributed by atoms with Gasteiger partial charge < -0.3 is 24.8 Å². The molecule has 0 bridgehead atoms. The Kier molecular flexibility index (Phi) is 12.3. The van der Waals surface area contributed by atoms with Gasteiger partial charge in [0.15, 0.2) is 9.84 Å². The zero-order valence-electron chi connectivity index (χ0n) is 38.6. The molecule has 11 atom stereocenters. The Morgan fingerprint density at radius 1 is 0.984 bits per heavy atom. The van der Waals surface area contributed by atoms with Crippen molar-refractivity contribution in [1.29, 1.82) is 0 Å². The van der Waals surface area contributed by atoms with Crippen LogP contribution in [0.1, 0.15) is 125 Å². The minimum atomic E-state index is -2.88. The van der Waals surface area contributed by atoms with Crippen LogP contribution in [0, 0.1) is 63.1 Å². The van der Waals surface area contributed by atoms with Crippen LogP contribution >= 0.6 is 0 Å². The van der Waals surface area contributed by atoms with E-state index in [0.717, 1.165) is 38.8 Å². The van der Waals surface area contributed by atoms with Crippen molar-refractivity contribution in [3.05, 3.63) is 53.6 Å². The maximum Gasteiger partial charge on any atom is 0.307 e. The molecular weight excluding hydrogens is 783 g/mol. The predicted octanol–water partition coefficient (Wildman–Crippen LogP) is 9.55. The zero-order valence-corrected chi connectivity index (χ0v) is 39.4. The highest BCUT2D eigenvalue weighted by molar-refractivity contribution is 7.91. The molecule has 8 rings (SSSR count). The lowest BCUT2D eigenvalue weighted by Gasteiger charge is -2.72. The standard InChI is InChI=1S/C51H77N3O6S/c1-34(2)37-17-23-51(52-26-27-54-28-31-61(57,58)32-29-54)25-24-49(6)40(45(37)51)15-16-42-48(5)21-18-39(47(3,4)41(48)19-22-50(42,49)7)36-12-9-11-35(33-36)38(46(55)56)20-30-60-44-14-10-13-43(53-44)59-8/h10,13-14,18,33,35,37-38,40-42,45,52H,1,9,11-12,15-17,19-32H2,2-8H3,(H,55,56)/t35?,37-,38?,40+,41-,42+,45+,48-,49+,50+,51-/m0/s1. The first-order chi connectivity index (χ1) is 28.9. The van der Waals surface area contributed by atoms with E-state index >= 15 is 0 Å². The molecular formula is C51H77N3O6S. The van der Waals surface area contributed by atoms with Crippen molar-refractivity contribution < 1.29 is 27.8 Å². The van der Waals surface area contributed by atoms with Gasteiger partial charge in [0.1, 0.15) is 0 Å². The van der Waals surface area contributed by atoms with Crippen LogP contribution in [-0.4, -0.2) is 86.3 Å². The first-order valence-electron chi connectivity index (χ1n) is 24.0. The van der Waals surface area contributed by atoms with E-state index < -0.39 is 21.7 Å². The van der Waals surface area contributed by atoms with Gasteiger partial charge in [-0.05, 0) is 159 Å². The van der Waals surface area contributed by atoms with E-state index in [4.69, 9.17) is 9.47 Å². The number of fused-ring (bicyclic) bond motifs is 7. The van der Waals surface area contributed by atoms with Gasteiger partial charge in [0, 0.05) is 43.9 Å². The molecule has 1 saturated heterocycles. The highest BCUT2D eigenvalue weighted by atomic mass is 32.2. The number of carboxylic acids is 1. The summed E-state index contributed by atoms with van der Waals surface area (Å²) in [5, 5.41) is 14.7. The van der Waals surface area contributed by atoms with Crippen LogP contribution in [0.25, 0.3) is 0 Å². The molecule has 1 aliphatic heterocycles. The van der Waals surface area contributed by atoms with Crippen LogP contribution in [0.2, 0.25) is 0 Å². The van der Waals surface area contributed by atoms with Gasteiger partial charge >= 0.3 is 5.97 Å². The smallest absolute Gasteiger partial charge is 0.307 e. The van der Waals surface area contributed by atoms with E-state index in [2.05, 4.69) is 75.5 Å². The number of hydrogen-bond donors (Lipinski definition) is 2. The quantitative estimate of drug-likeness (QED) is 0.187. The van der Waals surface area contributed by atoms with Gasteiger partial charge in [-0.25, -0.2) is 8.42 Å². The molecule has 1 aromatic heterocycles. The minimum Gasteiger partial charge on any atom is -0.481 e. The second-order valence-electron chi connectivity index (χ2n) is 22.2. The van der Waals surface area contributed by atoms with Crippen LogP contribution in [0.3, 0.4) is 0 Å². The first-order valence-corrected chi connectivity index (χ1v) is 25.8. The predicted molar refractivity (Wildman–Crippen MR) is 243 cm³/mol. The van der Waals surface area contributed by atoms with Gasteiger partial charge in [0.2, 0.25) is 11.8 Å². The summed E-state index contributed by atoms with van der Waals surface area (Å²) in [4.78, 5) is 19.5. The number of methoxy groups -OCH3 is 1. The number of nitrogens with one attached hydrogen (secondary N) is 1. The molecule has 0 aromatic carbocycles. The molecule has 4 saturated carbocycles. The number of hydrogen-bond acceptors (Lipinski definition) is 8. The Morgan fingerprint density at radius 3 is 2.46 bits per heavy atom. The summed E-state index contributed by atoms with van der Waals surface area (Å²) in [5.41, 5.74) is 5.09. The van der Waals surface area contributed by atoms with E-state index in [0.29, 0.717) is 79.0 Å². The topological polar surface area (TPSA) is 118 Å². The Labute approximate surface area is 367 Å². The second-order valence-corrected chi connectivity index (χ2v) is 24.5. The van der Waals surface area contributed by atoms with Crippen molar-refractivity contribution in [2.24, 2.45) is 63.1 Å². The fourth-order valence-electron chi connectivity index (χ4n) is 15.9. The third-order valence-electron chi connectivity index (χ3n) is 19.2. The normalized spacial score (nSPS) is 39.6. The van der Waals surface area contributed by atoms with Gasteiger partial charge in [0.25, 0.3) is 0 Å². The molecule has 1 aromatic rings. The third-order valence-corrected chi connectivity index (χ3v) is 20.8. The lowest BCUT2D eigenvalue weighted by molar-refractivity contribution is -0.221. The molecule has 5 fully saturated rings. The molecule has 338 valence electrons. The number of rotatable bonds is 13. The highest BCUT2D eigenvalue weighted by Crippen LogP contribution is 2.76. The molecule has 9 nitrogen and oxygen atoms in total. The average molecular weight is 860 g/mol. The Bertz CT molecular complexity index is 2000.